The minimum absolute atomic E-state index is 0.0174. The Labute approximate surface area is 157 Å². The number of fused-ring (bicyclic) bond motifs is 3. The number of carbonyl (C=O) groups excluding carboxylic acids is 2. The average Bonchev–Trinajstić information content (AvgIpc) is 2.67. The van der Waals surface area contributed by atoms with E-state index in [4.69, 9.17) is 0 Å². The second-order valence-electron chi connectivity index (χ2n) is 6.59. The highest BCUT2D eigenvalue weighted by Gasteiger charge is 2.38. The van der Waals surface area contributed by atoms with Crippen molar-refractivity contribution in [2.24, 2.45) is 0 Å². The first-order valence-corrected chi connectivity index (χ1v) is 9.95. The van der Waals surface area contributed by atoms with Crippen LogP contribution in [0.1, 0.15) is 17.2 Å². The molecule has 1 N–H and O–H groups in total. The van der Waals surface area contributed by atoms with Crippen LogP contribution >= 0.6 is 11.8 Å². The van der Waals surface area contributed by atoms with Gasteiger partial charge in [0.25, 0.3) is 0 Å². The fourth-order valence-electron chi connectivity index (χ4n) is 3.73. The minimum Gasteiger partial charge on any atom is -0.332 e. The minimum atomic E-state index is -0.223. The molecule has 0 bridgehead atoms. The average molecular weight is 367 g/mol. The third-order valence-corrected chi connectivity index (χ3v) is 5.79. The molecule has 0 aromatic heterocycles. The SMILES string of the molecule is CSc1cccc(NC(=O)N2CC(=O)N3CCc4ccccc4C3C2)c1. The number of hydrogen-bond acceptors (Lipinski definition) is 3. The molecule has 6 heteroatoms. The van der Waals surface area contributed by atoms with Crippen LogP contribution in [0.2, 0.25) is 0 Å². The summed E-state index contributed by atoms with van der Waals surface area (Å²) in [5.41, 5.74) is 3.19. The number of urea groups is 1. The lowest BCUT2D eigenvalue weighted by Gasteiger charge is -2.44. The maximum absolute atomic E-state index is 12.7. The Kier molecular flexibility index (Phi) is 4.59. The summed E-state index contributed by atoms with van der Waals surface area (Å²) in [6, 6.07) is 15.7. The first-order chi connectivity index (χ1) is 12.7. The molecule has 26 heavy (non-hydrogen) atoms. The molecule has 0 saturated carbocycles. The van der Waals surface area contributed by atoms with Gasteiger partial charge in [-0.05, 0) is 42.0 Å². The Morgan fingerprint density at radius 3 is 2.88 bits per heavy atom. The van der Waals surface area contributed by atoms with Gasteiger partial charge in [-0.15, -0.1) is 11.8 Å². The van der Waals surface area contributed by atoms with Crippen molar-refractivity contribution in [3.63, 3.8) is 0 Å². The molecule has 0 spiro atoms. The summed E-state index contributed by atoms with van der Waals surface area (Å²) in [5.74, 6) is 0.0174. The fourth-order valence-corrected chi connectivity index (χ4v) is 4.19. The third kappa shape index (κ3) is 3.17. The molecule has 2 aromatic rings. The Morgan fingerprint density at radius 2 is 2.04 bits per heavy atom. The summed E-state index contributed by atoms with van der Waals surface area (Å²) in [5, 5.41) is 2.93. The van der Waals surface area contributed by atoms with Crippen molar-refractivity contribution in [2.75, 3.05) is 31.2 Å². The van der Waals surface area contributed by atoms with E-state index in [0.717, 1.165) is 29.1 Å². The molecular weight excluding hydrogens is 346 g/mol. The summed E-state index contributed by atoms with van der Waals surface area (Å²) in [7, 11) is 0. The summed E-state index contributed by atoms with van der Waals surface area (Å²) in [4.78, 5) is 30.0. The van der Waals surface area contributed by atoms with Crippen LogP contribution in [-0.4, -0.2) is 47.6 Å². The first-order valence-electron chi connectivity index (χ1n) is 8.73. The highest BCUT2D eigenvalue weighted by atomic mass is 32.2. The number of nitrogens with one attached hydrogen (secondary N) is 1. The van der Waals surface area contributed by atoms with Crippen molar-refractivity contribution < 1.29 is 9.59 Å². The number of carbonyl (C=O) groups is 2. The van der Waals surface area contributed by atoms with E-state index in [2.05, 4.69) is 17.4 Å². The van der Waals surface area contributed by atoms with Crippen molar-refractivity contribution in [3.8, 4) is 0 Å². The predicted octanol–water partition coefficient (Wildman–Crippen LogP) is 3.38. The van der Waals surface area contributed by atoms with Crippen molar-refractivity contribution in [1.82, 2.24) is 9.80 Å². The Balaban J connectivity index is 1.53. The van der Waals surface area contributed by atoms with E-state index in [-0.39, 0.29) is 24.5 Å². The van der Waals surface area contributed by atoms with Crippen LogP contribution in [0.15, 0.2) is 53.4 Å². The quantitative estimate of drug-likeness (QED) is 0.828. The van der Waals surface area contributed by atoms with E-state index in [0.29, 0.717) is 6.54 Å². The van der Waals surface area contributed by atoms with Crippen molar-refractivity contribution in [3.05, 3.63) is 59.7 Å². The van der Waals surface area contributed by atoms with E-state index in [1.54, 1.807) is 16.7 Å². The van der Waals surface area contributed by atoms with Crippen LogP contribution in [0.5, 0.6) is 0 Å². The Bertz CT molecular complexity index is 854. The normalized spacial score (nSPS) is 19.0. The molecule has 0 aliphatic carbocycles. The zero-order valence-electron chi connectivity index (χ0n) is 14.6. The summed E-state index contributed by atoms with van der Waals surface area (Å²) < 4.78 is 0. The molecule has 3 amide bonds. The molecule has 2 aliphatic rings. The zero-order valence-corrected chi connectivity index (χ0v) is 15.5. The molecule has 1 fully saturated rings. The highest BCUT2D eigenvalue weighted by molar-refractivity contribution is 7.98. The van der Waals surface area contributed by atoms with Gasteiger partial charge in [-0.1, -0.05) is 30.3 Å². The van der Waals surface area contributed by atoms with Crippen LogP contribution in [0.25, 0.3) is 0 Å². The molecule has 0 radical (unpaired) electrons. The van der Waals surface area contributed by atoms with E-state index in [9.17, 15) is 9.59 Å². The number of amides is 3. The van der Waals surface area contributed by atoms with Gasteiger partial charge in [-0.25, -0.2) is 4.79 Å². The van der Waals surface area contributed by atoms with Crippen molar-refractivity contribution >= 4 is 29.4 Å². The van der Waals surface area contributed by atoms with Gasteiger partial charge in [0, 0.05) is 23.7 Å². The topological polar surface area (TPSA) is 52.7 Å². The van der Waals surface area contributed by atoms with Gasteiger partial charge in [-0.3, -0.25) is 4.79 Å². The zero-order chi connectivity index (χ0) is 18.1. The lowest BCUT2D eigenvalue weighted by atomic mass is 9.91. The van der Waals surface area contributed by atoms with Crippen LogP contribution < -0.4 is 5.32 Å². The van der Waals surface area contributed by atoms with Gasteiger partial charge in [0.2, 0.25) is 5.91 Å². The highest BCUT2D eigenvalue weighted by Crippen LogP contribution is 2.33. The summed E-state index contributed by atoms with van der Waals surface area (Å²) >= 11 is 1.63. The number of thioether (sulfide) groups is 1. The van der Waals surface area contributed by atoms with Crippen LogP contribution in [0, 0.1) is 0 Å². The van der Waals surface area contributed by atoms with Gasteiger partial charge in [0.1, 0.15) is 6.54 Å². The van der Waals surface area contributed by atoms with E-state index < -0.39 is 0 Å². The molecule has 4 rings (SSSR count). The second kappa shape index (κ2) is 7.03. The maximum atomic E-state index is 12.7. The lowest BCUT2D eigenvalue weighted by molar-refractivity contribution is -0.139. The molecular formula is C20H21N3O2S. The Hall–Kier alpha value is -2.47. The van der Waals surface area contributed by atoms with E-state index in [1.165, 1.54) is 5.56 Å². The molecule has 2 heterocycles. The van der Waals surface area contributed by atoms with Gasteiger partial charge >= 0.3 is 6.03 Å². The molecule has 1 atom stereocenters. The number of nitrogens with zero attached hydrogens (tertiary/aromatic N) is 2. The van der Waals surface area contributed by atoms with Gasteiger partial charge in [0.05, 0.1) is 6.04 Å². The lowest BCUT2D eigenvalue weighted by Crippen LogP contribution is -2.56. The van der Waals surface area contributed by atoms with Crippen LogP contribution in [0.3, 0.4) is 0 Å². The molecule has 1 saturated heterocycles. The molecule has 2 aliphatic heterocycles. The van der Waals surface area contributed by atoms with Crippen molar-refractivity contribution in [2.45, 2.75) is 17.4 Å². The number of anilines is 1. The number of piperazine rings is 1. The molecule has 5 nitrogen and oxygen atoms in total. The number of rotatable bonds is 2. The standard InChI is InChI=1S/C20H21N3O2S/c1-26-16-7-4-6-15(11-16)21-20(25)22-12-18-17-8-3-2-5-14(17)9-10-23(18)19(24)13-22/h2-8,11,18H,9-10,12-13H2,1H3,(H,21,25). The van der Waals surface area contributed by atoms with Crippen molar-refractivity contribution in [1.29, 1.82) is 0 Å². The largest absolute Gasteiger partial charge is 0.332 e. The van der Waals surface area contributed by atoms with Crippen LogP contribution in [0.4, 0.5) is 10.5 Å². The monoisotopic (exact) mass is 367 g/mol. The number of hydrogen-bond donors (Lipinski definition) is 1. The number of benzene rings is 2. The predicted molar refractivity (Wildman–Crippen MR) is 103 cm³/mol. The fraction of sp³-hybridized carbons (Fsp3) is 0.300. The van der Waals surface area contributed by atoms with E-state index in [1.807, 2.05) is 47.6 Å². The third-order valence-electron chi connectivity index (χ3n) is 5.06. The first kappa shape index (κ1) is 17.0. The summed E-state index contributed by atoms with van der Waals surface area (Å²) in [6.45, 7) is 1.38. The molecule has 1 unspecified atom stereocenters. The van der Waals surface area contributed by atoms with Crippen LogP contribution in [-0.2, 0) is 11.2 Å². The van der Waals surface area contributed by atoms with Gasteiger partial charge < -0.3 is 15.1 Å². The maximum Gasteiger partial charge on any atom is 0.322 e. The summed E-state index contributed by atoms with van der Waals surface area (Å²) in [6.07, 6.45) is 2.88. The smallest absolute Gasteiger partial charge is 0.322 e. The Morgan fingerprint density at radius 1 is 1.19 bits per heavy atom. The second-order valence-corrected chi connectivity index (χ2v) is 7.47. The van der Waals surface area contributed by atoms with Gasteiger partial charge in [-0.2, -0.15) is 0 Å². The molecule has 2 aromatic carbocycles. The molecule has 134 valence electrons. The van der Waals surface area contributed by atoms with E-state index >= 15 is 0 Å². The van der Waals surface area contributed by atoms with Gasteiger partial charge in [0.15, 0.2) is 0 Å².